The van der Waals surface area contributed by atoms with Crippen LogP contribution < -0.4 is 9.47 Å². The number of aromatic carboxylic acids is 1. The Kier molecular flexibility index (Phi) is 3.18. The van der Waals surface area contributed by atoms with E-state index in [2.05, 4.69) is 4.98 Å². The Hall–Kier alpha value is -2.50. The maximum Gasteiger partial charge on any atom is 0.358 e. The van der Waals surface area contributed by atoms with Gasteiger partial charge in [0.2, 0.25) is 0 Å². The van der Waals surface area contributed by atoms with E-state index < -0.39 is 5.97 Å². The molecule has 0 aliphatic heterocycles. The SMILES string of the molecule is COc1cc(OC)cc(-c2ocnc2C(=O)O)c1. The molecule has 0 aliphatic carbocycles. The fourth-order valence-corrected chi connectivity index (χ4v) is 1.54. The zero-order valence-corrected chi connectivity index (χ0v) is 9.84. The number of hydrogen-bond acceptors (Lipinski definition) is 5. The van der Waals surface area contributed by atoms with Crippen LogP contribution in [0.3, 0.4) is 0 Å². The van der Waals surface area contributed by atoms with Gasteiger partial charge < -0.3 is 19.0 Å². The summed E-state index contributed by atoms with van der Waals surface area (Å²) in [5, 5.41) is 8.98. The van der Waals surface area contributed by atoms with Crippen molar-refractivity contribution in [3.05, 3.63) is 30.3 Å². The normalized spacial score (nSPS) is 10.1. The van der Waals surface area contributed by atoms with Gasteiger partial charge in [-0.25, -0.2) is 9.78 Å². The molecule has 1 aromatic heterocycles. The minimum absolute atomic E-state index is 0.148. The highest BCUT2D eigenvalue weighted by atomic mass is 16.5. The summed E-state index contributed by atoms with van der Waals surface area (Å²) in [5.74, 6) is 0.0921. The number of rotatable bonds is 4. The Balaban J connectivity index is 2.55. The van der Waals surface area contributed by atoms with Crippen LogP contribution >= 0.6 is 0 Å². The fourth-order valence-electron chi connectivity index (χ4n) is 1.54. The number of methoxy groups -OCH3 is 2. The van der Waals surface area contributed by atoms with Gasteiger partial charge in [-0.15, -0.1) is 0 Å². The Labute approximate surface area is 103 Å². The Bertz CT molecular complexity index is 553. The Morgan fingerprint density at radius 3 is 2.33 bits per heavy atom. The van der Waals surface area contributed by atoms with E-state index in [4.69, 9.17) is 19.0 Å². The zero-order chi connectivity index (χ0) is 13.1. The van der Waals surface area contributed by atoms with E-state index in [1.807, 2.05) is 0 Å². The molecule has 0 atom stereocenters. The Morgan fingerprint density at radius 1 is 1.22 bits per heavy atom. The number of carbonyl (C=O) groups is 1. The van der Waals surface area contributed by atoms with Gasteiger partial charge in [-0.05, 0) is 12.1 Å². The van der Waals surface area contributed by atoms with Gasteiger partial charge in [0, 0.05) is 11.6 Å². The van der Waals surface area contributed by atoms with E-state index in [-0.39, 0.29) is 11.5 Å². The number of benzene rings is 1. The summed E-state index contributed by atoms with van der Waals surface area (Å²) < 4.78 is 15.3. The number of hydrogen-bond donors (Lipinski definition) is 1. The molecule has 0 saturated carbocycles. The molecule has 0 bridgehead atoms. The molecule has 0 unspecified atom stereocenters. The predicted molar refractivity (Wildman–Crippen MR) is 62.0 cm³/mol. The molecule has 1 heterocycles. The maximum absolute atomic E-state index is 11.0. The van der Waals surface area contributed by atoms with Crippen molar-refractivity contribution < 1.29 is 23.8 Å². The summed E-state index contributed by atoms with van der Waals surface area (Å²) in [5.41, 5.74) is 0.381. The average molecular weight is 249 g/mol. The van der Waals surface area contributed by atoms with Gasteiger partial charge in [0.05, 0.1) is 14.2 Å². The number of ether oxygens (including phenoxy) is 2. The molecule has 0 aliphatic rings. The highest BCUT2D eigenvalue weighted by Gasteiger charge is 2.18. The van der Waals surface area contributed by atoms with Gasteiger partial charge >= 0.3 is 5.97 Å². The quantitative estimate of drug-likeness (QED) is 0.893. The summed E-state index contributed by atoms with van der Waals surface area (Å²) in [6.45, 7) is 0. The molecule has 1 aromatic carbocycles. The number of oxazole rings is 1. The molecule has 18 heavy (non-hydrogen) atoms. The van der Waals surface area contributed by atoms with E-state index in [9.17, 15) is 4.79 Å². The topological polar surface area (TPSA) is 81.8 Å². The van der Waals surface area contributed by atoms with Gasteiger partial charge in [-0.2, -0.15) is 0 Å². The lowest BCUT2D eigenvalue weighted by molar-refractivity contribution is 0.0691. The Morgan fingerprint density at radius 2 is 1.83 bits per heavy atom. The van der Waals surface area contributed by atoms with Crippen LogP contribution in [-0.2, 0) is 0 Å². The highest BCUT2D eigenvalue weighted by molar-refractivity contribution is 5.92. The summed E-state index contributed by atoms with van der Waals surface area (Å²) in [4.78, 5) is 14.6. The van der Waals surface area contributed by atoms with Gasteiger partial charge in [0.25, 0.3) is 0 Å². The minimum atomic E-state index is -1.15. The smallest absolute Gasteiger partial charge is 0.358 e. The van der Waals surface area contributed by atoms with E-state index in [0.717, 1.165) is 6.39 Å². The molecular weight excluding hydrogens is 238 g/mol. The lowest BCUT2D eigenvalue weighted by Gasteiger charge is -2.06. The van der Waals surface area contributed by atoms with Gasteiger partial charge in [-0.3, -0.25) is 0 Å². The summed E-state index contributed by atoms with van der Waals surface area (Å²) in [6.07, 6.45) is 1.09. The van der Waals surface area contributed by atoms with Crippen LogP contribution in [0.5, 0.6) is 11.5 Å². The zero-order valence-electron chi connectivity index (χ0n) is 9.84. The lowest BCUT2D eigenvalue weighted by atomic mass is 10.1. The first kappa shape index (κ1) is 12.0. The average Bonchev–Trinajstić information content (AvgIpc) is 2.87. The van der Waals surface area contributed by atoms with Crippen LogP contribution in [0.4, 0.5) is 0 Å². The third-order valence-electron chi connectivity index (χ3n) is 2.38. The molecule has 1 N–H and O–H groups in total. The summed E-state index contributed by atoms with van der Waals surface area (Å²) >= 11 is 0. The summed E-state index contributed by atoms with van der Waals surface area (Å²) in [7, 11) is 3.02. The summed E-state index contributed by atoms with van der Waals surface area (Å²) in [6, 6.07) is 4.98. The van der Waals surface area contributed by atoms with E-state index >= 15 is 0 Å². The van der Waals surface area contributed by atoms with Crippen LogP contribution in [0, 0.1) is 0 Å². The van der Waals surface area contributed by atoms with E-state index in [1.165, 1.54) is 14.2 Å². The molecule has 0 amide bonds. The van der Waals surface area contributed by atoms with Crippen LogP contribution in [0.2, 0.25) is 0 Å². The van der Waals surface area contributed by atoms with Crippen LogP contribution in [0.15, 0.2) is 29.0 Å². The first-order valence-corrected chi connectivity index (χ1v) is 5.06. The second kappa shape index (κ2) is 4.79. The fraction of sp³-hybridized carbons (Fsp3) is 0.167. The van der Waals surface area contributed by atoms with Crippen molar-refractivity contribution in [1.82, 2.24) is 4.98 Å². The maximum atomic E-state index is 11.0. The molecule has 6 nitrogen and oxygen atoms in total. The number of carboxylic acid groups (broad SMARTS) is 1. The molecule has 0 fully saturated rings. The van der Waals surface area contributed by atoms with Gasteiger partial charge in [0.15, 0.2) is 17.8 Å². The predicted octanol–water partition coefficient (Wildman–Crippen LogP) is 2.06. The van der Waals surface area contributed by atoms with Crippen molar-refractivity contribution in [2.24, 2.45) is 0 Å². The second-order valence-corrected chi connectivity index (χ2v) is 3.44. The molecule has 2 aromatic rings. The number of aromatic nitrogens is 1. The monoisotopic (exact) mass is 249 g/mol. The van der Waals surface area contributed by atoms with Crippen molar-refractivity contribution in [1.29, 1.82) is 0 Å². The van der Waals surface area contributed by atoms with Crippen molar-refractivity contribution in [2.75, 3.05) is 14.2 Å². The molecule has 0 radical (unpaired) electrons. The molecule has 94 valence electrons. The van der Waals surface area contributed by atoms with Crippen LogP contribution in [-0.4, -0.2) is 30.3 Å². The van der Waals surface area contributed by atoms with Crippen LogP contribution in [0.1, 0.15) is 10.5 Å². The third kappa shape index (κ3) is 2.13. The second-order valence-electron chi connectivity index (χ2n) is 3.44. The van der Waals surface area contributed by atoms with Gasteiger partial charge in [-0.1, -0.05) is 0 Å². The molecule has 6 heteroatoms. The molecule has 2 rings (SSSR count). The first-order valence-electron chi connectivity index (χ1n) is 5.06. The van der Waals surface area contributed by atoms with Crippen molar-refractivity contribution in [3.63, 3.8) is 0 Å². The van der Waals surface area contributed by atoms with Gasteiger partial charge in [0.1, 0.15) is 11.5 Å². The largest absolute Gasteiger partial charge is 0.497 e. The minimum Gasteiger partial charge on any atom is -0.497 e. The van der Waals surface area contributed by atoms with Crippen molar-refractivity contribution in [2.45, 2.75) is 0 Å². The van der Waals surface area contributed by atoms with Crippen molar-refractivity contribution in [3.8, 4) is 22.8 Å². The van der Waals surface area contributed by atoms with E-state index in [1.54, 1.807) is 18.2 Å². The number of carboxylic acids is 1. The lowest BCUT2D eigenvalue weighted by Crippen LogP contribution is -1.99. The van der Waals surface area contributed by atoms with Crippen LogP contribution in [0.25, 0.3) is 11.3 Å². The number of nitrogens with zero attached hydrogens (tertiary/aromatic N) is 1. The third-order valence-corrected chi connectivity index (χ3v) is 2.38. The van der Waals surface area contributed by atoms with Crippen molar-refractivity contribution >= 4 is 5.97 Å². The highest BCUT2D eigenvalue weighted by Crippen LogP contribution is 2.31. The van der Waals surface area contributed by atoms with E-state index in [0.29, 0.717) is 17.1 Å². The molecular formula is C12H11NO5. The molecule has 0 saturated heterocycles. The molecule has 0 spiro atoms. The first-order chi connectivity index (χ1) is 8.65. The standard InChI is InChI=1S/C12H11NO5/c1-16-8-3-7(4-9(5-8)17-2)11-10(12(14)15)13-6-18-11/h3-6H,1-2H3,(H,14,15).